The van der Waals surface area contributed by atoms with E-state index in [0.717, 1.165) is 67.0 Å². The first-order chi connectivity index (χ1) is 17.7. The van der Waals surface area contributed by atoms with E-state index in [9.17, 15) is 9.59 Å². The third kappa shape index (κ3) is 4.63. The largest absolute Gasteiger partial charge is 0.359 e. The van der Waals surface area contributed by atoms with Crippen LogP contribution in [0.4, 0.5) is 11.4 Å². The molecule has 0 fully saturated rings. The van der Waals surface area contributed by atoms with Crippen LogP contribution >= 0.6 is 11.6 Å². The van der Waals surface area contributed by atoms with Crippen LogP contribution in [-0.2, 0) is 9.59 Å². The summed E-state index contributed by atoms with van der Waals surface area (Å²) in [6, 6.07) is 17.5. The quantitative estimate of drug-likeness (QED) is 0.221. The van der Waals surface area contributed by atoms with E-state index >= 15 is 0 Å². The van der Waals surface area contributed by atoms with E-state index in [1.165, 1.54) is 0 Å². The lowest BCUT2D eigenvalue weighted by Gasteiger charge is -1.97. The van der Waals surface area contributed by atoms with Gasteiger partial charge >= 0.3 is 0 Å². The number of anilines is 2. The number of hydrogen-bond donors (Lipinski definition) is 4. The zero-order valence-corrected chi connectivity index (χ0v) is 21.8. The monoisotopic (exact) mass is 510 g/mol. The SMILES string of the molecule is Cc1[nH]c(/C=C2\C(=O)Nc3ccccc32)c(C)c1Cl.Cc1cc(C)c(/C=C2\C(=O)Nc3ccccc32)[nH]1. The normalized spacial score (nSPS) is 15.8. The molecule has 0 saturated carbocycles. The second kappa shape index (κ2) is 9.64. The first-order valence-corrected chi connectivity index (χ1v) is 12.4. The maximum Gasteiger partial charge on any atom is 0.256 e. The summed E-state index contributed by atoms with van der Waals surface area (Å²) in [6.45, 7) is 7.91. The number of benzene rings is 2. The lowest BCUT2D eigenvalue weighted by atomic mass is 10.1. The molecule has 2 aliphatic rings. The molecule has 7 heteroatoms. The van der Waals surface area contributed by atoms with Crippen LogP contribution in [0.2, 0.25) is 5.02 Å². The standard InChI is InChI=1S/C15H13ClN2O.C15H14N2O/c1-8-13(17-9(2)14(8)16)7-11-10-5-3-4-6-12(10)18-15(11)19;1-9-7-10(2)16-14(9)8-12-11-5-3-4-6-13(11)17-15(12)18/h3-7,17H,1-2H3,(H,18,19);3-8,16H,1-2H3,(H,17,18)/b11-7-;12-8-. The highest BCUT2D eigenvalue weighted by Gasteiger charge is 2.25. The number of carbonyl (C=O) groups excluding carboxylic acids is 2. The molecule has 37 heavy (non-hydrogen) atoms. The Morgan fingerprint density at radius 1 is 0.703 bits per heavy atom. The van der Waals surface area contributed by atoms with E-state index in [4.69, 9.17) is 11.6 Å². The zero-order chi connectivity index (χ0) is 26.3. The van der Waals surface area contributed by atoms with Gasteiger partial charge in [0.2, 0.25) is 0 Å². The van der Waals surface area contributed by atoms with Crippen LogP contribution in [0.3, 0.4) is 0 Å². The average molecular weight is 511 g/mol. The summed E-state index contributed by atoms with van der Waals surface area (Å²) in [6.07, 6.45) is 3.78. The molecule has 0 aliphatic carbocycles. The minimum atomic E-state index is -0.0797. The van der Waals surface area contributed by atoms with Crippen LogP contribution in [0.5, 0.6) is 0 Å². The molecular formula is C30H27ClN4O2. The van der Waals surface area contributed by atoms with Gasteiger partial charge in [0.25, 0.3) is 11.8 Å². The Hall–Kier alpha value is -4.29. The molecule has 4 aromatic rings. The van der Waals surface area contributed by atoms with Crippen molar-refractivity contribution < 1.29 is 9.59 Å². The van der Waals surface area contributed by atoms with Crippen LogP contribution in [0.25, 0.3) is 23.3 Å². The van der Waals surface area contributed by atoms with Crippen molar-refractivity contribution in [2.75, 3.05) is 10.6 Å². The van der Waals surface area contributed by atoms with E-state index in [1.807, 2.05) is 88.4 Å². The summed E-state index contributed by atoms with van der Waals surface area (Å²) in [5.74, 6) is -0.119. The highest BCUT2D eigenvalue weighted by Crippen LogP contribution is 2.35. The Kier molecular flexibility index (Phi) is 6.36. The van der Waals surface area contributed by atoms with Crippen molar-refractivity contribution in [3.8, 4) is 0 Å². The lowest BCUT2D eigenvalue weighted by Crippen LogP contribution is -2.03. The minimum Gasteiger partial charge on any atom is -0.359 e. The Balaban J connectivity index is 0.000000152. The Morgan fingerprint density at radius 2 is 1.22 bits per heavy atom. The maximum atomic E-state index is 12.0. The van der Waals surface area contributed by atoms with E-state index < -0.39 is 0 Å². The maximum absolute atomic E-state index is 12.0. The molecule has 0 unspecified atom stereocenters. The van der Waals surface area contributed by atoms with Gasteiger partial charge in [-0.2, -0.15) is 0 Å². The molecule has 4 N–H and O–H groups in total. The summed E-state index contributed by atoms with van der Waals surface area (Å²) >= 11 is 6.16. The highest BCUT2D eigenvalue weighted by molar-refractivity contribution is 6.36. The number of fused-ring (bicyclic) bond motifs is 2. The second-order valence-electron chi connectivity index (χ2n) is 9.27. The number of para-hydroxylation sites is 2. The van der Waals surface area contributed by atoms with E-state index in [0.29, 0.717) is 5.57 Å². The predicted molar refractivity (Wildman–Crippen MR) is 151 cm³/mol. The molecule has 0 bridgehead atoms. The number of rotatable bonds is 2. The first kappa shape index (κ1) is 24.4. The molecule has 186 valence electrons. The fourth-order valence-corrected chi connectivity index (χ4v) is 4.80. The van der Waals surface area contributed by atoms with Gasteiger partial charge in [0, 0.05) is 45.3 Å². The number of aromatic amines is 2. The minimum absolute atomic E-state index is 0.0390. The molecular weight excluding hydrogens is 484 g/mol. The molecule has 2 aromatic carbocycles. The molecule has 2 amide bonds. The van der Waals surface area contributed by atoms with Gasteiger partial charge in [0.1, 0.15) is 0 Å². The number of aromatic nitrogens is 2. The fraction of sp³-hybridized carbons (Fsp3) is 0.133. The van der Waals surface area contributed by atoms with Crippen molar-refractivity contribution in [3.63, 3.8) is 0 Å². The van der Waals surface area contributed by atoms with Gasteiger partial charge in [0.15, 0.2) is 0 Å². The number of hydrogen-bond acceptors (Lipinski definition) is 2. The average Bonchev–Trinajstić information content (AvgIpc) is 3.55. The van der Waals surface area contributed by atoms with E-state index in [2.05, 4.69) is 26.7 Å². The van der Waals surface area contributed by atoms with E-state index in [1.54, 1.807) is 0 Å². The fourth-order valence-electron chi connectivity index (χ4n) is 4.65. The van der Waals surface area contributed by atoms with E-state index in [-0.39, 0.29) is 11.8 Å². The van der Waals surface area contributed by atoms with Crippen molar-refractivity contribution in [2.24, 2.45) is 0 Å². The molecule has 6 rings (SSSR count). The van der Waals surface area contributed by atoms with Gasteiger partial charge in [-0.15, -0.1) is 0 Å². The number of carbonyl (C=O) groups is 2. The van der Waals surface area contributed by atoms with Gasteiger partial charge in [-0.05, 0) is 69.2 Å². The number of halogens is 1. The van der Waals surface area contributed by atoms with Crippen molar-refractivity contribution in [2.45, 2.75) is 27.7 Å². The smallest absolute Gasteiger partial charge is 0.256 e. The Bertz CT molecular complexity index is 1620. The number of aryl methyl sites for hydroxylation is 3. The molecule has 6 nitrogen and oxygen atoms in total. The summed E-state index contributed by atoms with van der Waals surface area (Å²) in [5, 5.41) is 6.45. The highest BCUT2D eigenvalue weighted by atomic mass is 35.5. The van der Waals surface area contributed by atoms with Crippen LogP contribution in [0.1, 0.15) is 45.0 Å². The molecule has 0 saturated heterocycles. The molecule has 2 aliphatic heterocycles. The van der Waals surface area contributed by atoms with Crippen LogP contribution in [-0.4, -0.2) is 21.8 Å². The third-order valence-corrected chi connectivity index (χ3v) is 7.14. The van der Waals surface area contributed by atoms with Crippen LogP contribution in [0.15, 0.2) is 54.6 Å². The van der Waals surface area contributed by atoms with Crippen LogP contribution in [0, 0.1) is 27.7 Å². The first-order valence-electron chi connectivity index (χ1n) is 12.0. The van der Waals surface area contributed by atoms with Crippen molar-refractivity contribution in [1.29, 1.82) is 0 Å². The molecule has 0 spiro atoms. The number of nitrogens with one attached hydrogen (secondary N) is 4. The number of amides is 2. The predicted octanol–water partition coefficient (Wildman–Crippen LogP) is 6.90. The summed E-state index contributed by atoms with van der Waals surface area (Å²) in [4.78, 5) is 30.4. The number of H-pyrrole nitrogens is 2. The molecule has 0 atom stereocenters. The van der Waals surface area contributed by atoms with Gasteiger partial charge in [0.05, 0.1) is 16.2 Å². The van der Waals surface area contributed by atoms with Crippen molar-refractivity contribution in [1.82, 2.24) is 9.97 Å². The zero-order valence-electron chi connectivity index (χ0n) is 21.0. The second-order valence-corrected chi connectivity index (χ2v) is 9.65. The van der Waals surface area contributed by atoms with Gasteiger partial charge in [-0.3, -0.25) is 9.59 Å². The molecule has 4 heterocycles. The van der Waals surface area contributed by atoms with Gasteiger partial charge < -0.3 is 20.6 Å². The Morgan fingerprint density at radius 3 is 1.68 bits per heavy atom. The molecule has 0 radical (unpaired) electrons. The van der Waals surface area contributed by atoms with Crippen LogP contribution < -0.4 is 10.6 Å². The topological polar surface area (TPSA) is 89.8 Å². The van der Waals surface area contributed by atoms with Crippen molar-refractivity contribution in [3.05, 3.63) is 105 Å². The summed E-state index contributed by atoms with van der Waals surface area (Å²) in [7, 11) is 0. The van der Waals surface area contributed by atoms with Gasteiger partial charge in [-0.25, -0.2) is 0 Å². The lowest BCUT2D eigenvalue weighted by molar-refractivity contribution is -0.111. The summed E-state index contributed by atoms with van der Waals surface area (Å²) in [5.41, 5.74) is 11.0. The summed E-state index contributed by atoms with van der Waals surface area (Å²) < 4.78 is 0. The van der Waals surface area contributed by atoms with Gasteiger partial charge in [-0.1, -0.05) is 48.0 Å². The molecule has 2 aromatic heterocycles. The van der Waals surface area contributed by atoms with Crippen molar-refractivity contribution >= 4 is 58.1 Å². The Labute approximate surface area is 220 Å². The third-order valence-electron chi connectivity index (χ3n) is 6.57.